The number of rotatable bonds is 5. The van der Waals surface area contributed by atoms with E-state index < -0.39 is 0 Å². The molecule has 1 aromatic carbocycles. The van der Waals surface area contributed by atoms with Gasteiger partial charge in [0.15, 0.2) is 5.78 Å². The third-order valence-corrected chi connectivity index (χ3v) is 4.37. The Balaban J connectivity index is 1.56. The summed E-state index contributed by atoms with van der Waals surface area (Å²) in [7, 11) is 0. The second kappa shape index (κ2) is 6.40. The van der Waals surface area contributed by atoms with Gasteiger partial charge in [0.25, 0.3) is 11.8 Å². The van der Waals surface area contributed by atoms with Crippen molar-refractivity contribution in [3.8, 4) is 0 Å². The highest BCUT2D eigenvalue weighted by atomic mass is 16.2. The average molecular weight is 300 g/mol. The third kappa shape index (κ3) is 2.95. The zero-order valence-electron chi connectivity index (χ0n) is 12.6. The minimum atomic E-state index is -0.355. The molecule has 0 radical (unpaired) electrons. The molecule has 2 heterocycles. The fraction of sp³-hybridized carbons (Fsp3) is 0.471. The molecule has 22 heavy (non-hydrogen) atoms. The van der Waals surface area contributed by atoms with Crippen LogP contribution in [0.25, 0.3) is 0 Å². The summed E-state index contributed by atoms with van der Waals surface area (Å²) in [5, 5.41) is 0. The highest BCUT2D eigenvalue weighted by Crippen LogP contribution is 2.22. The molecule has 0 N–H and O–H groups in total. The Morgan fingerprint density at radius 1 is 0.955 bits per heavy atom. The first-order valence-corrected chi connectivity index (χ1v) is 7.86. The van der Waals surface area contributed by atoms with Crippen LogP contribution in [0.1, 0.15) is 46.4 Å². The molecular formula is C17H20N2O3. The topological polar surface area (TPSA) is 57.7 Å². The maximum atomic E-state index is 12.2. The number of hydrogen-bond acceptors (Lipinski definition) is 4. The number of ketones is 1. The normalized spacial score (nSPS) is 18.6. The van der Waals surface area contributed by atoms with Crippen LogP contribution in [0.2, 0.25) is 0 Å². The van der Waals surface area contributed by atoms with E-state index in [0.29, 0.717) is 17.5 Å². The van der Waals surface area contributed by atoms with Crippen LogP contribution in [0.5, 0.6) is 0 Å². The number of carbonyl (C=O) groups excluding carboxylic acids is 3. The predicted octanol–water partition coefficient (Wildman–Crippen LogP) is 1.73. The Bertz CT molecular complexity index is 571. The summed E-state index contributed by atoms with van der Waals surface area (Å²) in [6.07, 6.45) is 4.03. The second-order valence-corrected chi connectivity index (χ2v) is 5.93. The maximum absolute atomic E-state index is 12.2. The molecule has 1 fully saturated rings. The first-order valence-electron chi connectivity index (χ1n) is 7.86. The van der Waals surface area contributed by atoms with Gasteiger partial charge in [-0.05, 0) is 38.1 Å². The third-order valence-electron chi connectivity index (χ3n) is 4.37. The molecule has 0 bridgehead atoms. The molecule has 0 spiro atoms. The standard InChI is InChI=1S/C17H20N2O3/c20-13(8-11-18-9-4-1-5-10-18)12-19-16(21)14-6-2-3-7-15(14)17(19)22/h2-3,6-7H,1,4-5,8-12H2. The molecule has 2 amide bonds. The average Bonchev–Trinajstić information content (AvgIpc) is 2.79. The van der Waals surface area contributed by atoms with Gasteiger partial charge < -0.3 is 4.90 Å². The van der Waals surface area contributed by atoms with Gasteiger partial charge in [-0.25, -0.2) is 0 Å². The number of imide groups is 1. The molecule has 2 aliphatic heterocycles. The quantitative estimate of drug-likeness (QED) is 0.777. The van der Waals surface area contributed by atoms with Crippen LogP contribution >= 0.6 is 0 Å². The fourth-order valence-electron chi connectivity index (χ4n) is 3.10. The lowest BCUT2D eigenvalue weighted by Crippen LogP contribution is -2.37. The molecule has 0 unspecified atom stereocenters. The lowest BCUT2D eigenvalue weighted by atomic mass is 10.1. The van der Waals surface area contributed by atoms with E-state index in [-0.39, 0.29) is 24.1 Å². The van der Waals surface area contributed by atoms with Gasteiger partial charge in [-0.15, -0.1) is 0 Å². The summed E-state index contributed by atoms with van der Waals surface area (Å²) >= 11 is 0. The molecular weight excluding hydrogens is 280 g/mol. The second-order valence-electron chi connectivity index (χ2n) is 5.93. The van der Waals surface area contributed by atoms with Crippen molar-refractivity contribution in [3.63, 3.8) is 0 Å². The van der Waals surface area contributed by atoms with Crippen molar-refractivity contribution in [2.45, 2.75) is 25.7 Å². The van der Waals surface area contributed by atoms with E-state index in [1.54, 1.807) is 24.3 Å². The Morgan fingerprint density at radius 3 is 2.14 bits per heavy atom. The largest absolute Gasteiger partial charge is 0.303 e. The zero-order chi connectivity index (χ0) is 15.5. The van der Waals surface area contributed by atoms with Gasteiger partial charge >= 0.3 is 0 Å². The molecule has 116 valence electrons. The molecule has 0 saturated carbocycles. The molecule has 5 heteroatoms. The lowest BCUT2D eigenvalue weighted by Gasteiger charge is -2.26. The summed E-state index contributed by atoms with van der Waals surface area (Å²) in [4.78, 5) is 39.8. The summed E-state index contributed by atoms with van der Waals surface area (Å²) in [6, 6.07) is 6.72. The van der Waals surface area contributed by atoms with Gasteiger partial charge in [-0.3, -0.25) is 19.3 Å². The SMILES string of the molecule is O=C(CCN1CCCCC1)CN1C(=O)c2ccccc2C1=O. The minimum Gasteiger partial charge on any atom is -0.303 e. The number of nitrogens with zero attached hydrogens (tertiary/aromatic N) is 2. The maximum Gasteiger partial charge on any atom is 0.261 e. The van der Waals surface area contributed by atoms with E-state index >= 15 is 0 Å². The van der Waals surface area contributed by atoms with Crippen LogP contribution in [0.4, 0.5) is 0 Å². The van der Waals surface area contributed by atoms with Crippen molar-refractivity contribution in [2.75, 3.05) is 26.2 Å². The van der Waals surface area contributed by atoms with Crippen molar-refractivity contribution in [1.29, 1.82) is 0 Å². The molecule has 0 aliphatic carbocycles. The van der Waals surface area contributed by atoms with Gasteiger partial charge in [0.05, 0.1) is 17.7 Å². The molecule has 0 aromatic heterocycles. The zero-order valence-corrected chi connectivity index (χ0v) is 12.6. The van der Waals surface area contributed by atoms with Crippen LogP contribution in [-0.4, -0.2) is 53.6 Å². The van der Waals surface area contributed by atoms with Crippen molar-refractivity contribution in [1.82, 2.24) is 9.80 Å². The van der Waals surface area contributed by atoms with Crippen molar-refractivity contribution in [3.05, 3.63) is 35.4 Å². The summed E-state index contributed by atoms with van der Waals surface area (Å²) in [5.41, 5.74) is 0.799. The van der Waals surface area contributed by atoms with E-state index in [1.165, 1.54) is 19.3 Å². The Hall–Kier alpha value is -2.01. The highest BCUT2D eigenvalue weighted by Gasteiger charge is 2.35. The number of piperidine rings is 1. The fourth-order valence-corrected chi connectivity index (χ4v) is 3.10. The molecule has 2 aliphatic rings. The number of likely N-dealkylation sites (tertiary alicyclic amines) is 1. The van der Waals surface area contributed by atoms with Crippen LogP contribution < -0.4 is 0 Å². The van der Waals surface area contributed by atoms with Crippen LogP contribution in [0.3, 0.4) is 0 Å². The van der Waals surface area contributed by atoms with Gasteiger partial charge in [0, 0.05) is 13.0 Å². The summed E-state index contributed by atoms with van der Waals surface area (Å²) < 4.78 is 0. The van der Waals surface area contributed by atoms with E-state index in [4.69, 9.17) is 0 Å². The molecule has 0 atom stereocenters. The van der Waals surface area contributed by atoms with Crippen molar-refractivity contribution >= 4 is 17.6 Å². The first-order chi connectivity index (χ1) is 10.7. The Kier molecular flexibility index (Phi) is 4.34. The van der Waals surface area contributed by atoms with Gasteiger partial charge in [-0.2, -0.15) is 0 Å². The van der Waals surface area contributed by atoms with Crippen molar-refractivity contribution in [2.24, 2.45) is 0 Å². The van der Waals surface area contributed by atoms with E-state index in [1.807, 2.05) is 0 Å². The number of hydrogen-bond donors (Lipinski definition) is 0. The molecule has 5 nitrogen and oxygen atoms in total. The summed E-state index contributed by atoms with van der Waals surface area (Å²) in [5.74, 6) is -0.765. The number of carbonyl (C=O) groups is 3. The molecule has 3 rings (SSSR count). The number of fused-ring (bicyclic) bond motifs is 1. The lowest BCUT2D eigenvalue weighted by molar-refractivity contribution is -0.119. The minimum absolute atomic E-state index is 0.0555. The summed E-state index contributed by atoms with van der Waals surface area (Å²) in [6.45, 7) is 2.70. The smallest absolute Gasteiger partial charge is 0.261 e. The first kappa shape index (κ1) is 14.9. The molecule has 1 saturated heterocycles. The number of Topliss-reactive ketones (excluding diaryl/α,β-unsaturated/α-hetero) is 1. The van der Waals surface area contributed by atoms with Gasteiger partial charge in [-0.1, -0.05) is 18.6 Å². The van der Waals surface area contributed by atoms with Crippen LogP contribution in [-0.2, 0) is 4.79 Å². The van der Waals surface area contributed by atoms with Crippen LogP contribution in [0.15, 0.2) is 24.3 Å². The highest BCUT2D eigenvalue weighted by molar-refractivity contribution is 6.22. The number of amides is 2. The van der Waals surface area contributed by atoms with E-state index in [9.17, 15) is 14.4 Å². The van der Waals surface area contributed by atoms with Crippen LogP contribution in [0, 0.1) is 0 Å². The van der Waals surface area contributed by atoms with Crippen molar-refractivity contribution < 1.29 is 14.4 Å². The van der Waals surface area contributed by atoms with E-state index in [0.717, 1.165) is 24.5 Å². The monoisotopic (exact) mass is 300 g/mol. The van der Waals surface area contributed by atoms with E-state index in [2.05, 4.69) is 4.90 Å². The van der Waals surface area contributed by atoms with Gasteiger partial charge in [0.1, 0.15) is 0 Å². The predicted molar refractivity (Wildman–Crippen MR) is 81.7 cm³/mol. The molecule has 1 aromatic rings. The Labute approximate surface area is 129 Å². The Morgan fingerprint density at radius 2 is 1.55 bits per heavy atom. The van der Waals surface area contributed by atoms with Gasteiger partial charge in [0.2, 0.25) is 0 Å². The number of benzene rings is 1.